The van der Waals surface area contributed by atoms with Gasteiger partial charge in [0.15, 0.2) is 0 Å². The maximum absolute atomic E-state index is 12.1. The van der Waals surface area contributed by atoms with Crippen molar-refractivity contribution in [3.63, 3.8) is 0 Å². The van der Waals surface area contributed by atoms with Gasteiger partial charge < -0.3 is 9.80 Å². The first-order valence-corrected chi connectivity index (χ1v) is 8.51. The van der Waals surface area contributed by atoms with Gasteiger partial charge in [-0.3, -0.25) is 4.79 Å². The zero-order valence-electron chi connectivity index (χ0n) is 13.6. The van der Waals surface area contributed by atoms with Crippen molar-refractivity contribution in [1.82, 2.24) is 9.80 Å². The molecule has 0 bridgehead atoms. The van der Waals surface area contributed by atoms with Crippen LogP contribution < -0.4 is 0 Å². The standard InChI is InChI=1S/C17H32N2O/c1-14(2)12-17(20)19-10-6-16(7-11-19)13-15-4-8-18(3)9-5-15/h14-16H,4-13H2,1-3H3. The summed E-state index contributed by atoms with van der Waals surface area (Å²) in [5, 5.41) is 0. The molecule has 2 aliphatic rings. The Kier molecular flexibility index (Phi) is 5.88. The minimum atomic E-state index is 0.373. The summed E-state index contributed by atoms with van der Waals surface area (Å²) in [6.07, 6.45) is 7.35. The summed E-state index contributed by atoms with van der Waals surface area (Å²) in [6, 6.07) is 0. The van der Waals surface area contributed by atoms with Gasteiger partial charge in [0.25, 0.3) is 0 Å². The number of rotatable bonds is 4. The smallest absolute Gasteiger partial charge is 0.222 e. The topological polar surface area (TPSA) is 23.6 Å². The van der Waals surface area contributed by atoms with Crippen LogP contribution in [0, 0.1) is 17.8 Å². The van der Waals surface area contributed by atoms with Crippen molar-refractivity contribution in [3.05, 3.63) is 0 Å². The number of hydrogen-bond donors (Lipinski definition) is 0. The average Bonchev–Trinajstić information content (AvgIpc) is 2.41. The molecule has 2 heterocycles. The van der Waals surface area contributed by atoms with E-state index in [0.717, 1.165) is 31.3 Å². The lowest BCUT2D eigenvalue weighted by Gasteiger charge is -2.36. The van der Waals surface area contributed by atoms with E-state index in [4.69, 9.17) is 0 Å². The largest absolute Gasteiger partial charge is 0.343 e. The van der Waals surface area contributed by atoms with Gasteiger partial charge in [0, 0.05) is 19.5 Å². The fraction of sp³-hybridized carbons (Fsp3) is 0.941. The zero-order valence-corrected chi connectivity index (χ0v) is 13.6. The minimum absolute atomic E-state index is 0.373. The van der Waals surface area contributed by atoms with Gasteiger partial charge in [0.05, 0.1) is 0 Å². The number of piperidine rings is 2. The summed E-state index contributed by atoms with van der Waals surface area (Å²) in [4.78, 5) is 16.6. The number of hydrogen-bond acceptors (Lipinski definition) is 2. The lowest BCUT2D eigenvalue weighted by molar-refractivity contribution is -0.133. The first-order valence-electron chi connectivity index (χ1n) is 8.51. The van der Waals surface area contributed by atoms with E-state index in [-0.39, 0.29) is 0 Å². The lowest BCUT2D eigenvalue weighted by atomic mass is 9.83. The van der Waals surface area contributed by atoms with Crippen LogP contribution in [0.25, 0.3) is 0 Å². The third-order valence-electron chi connectivity index (χ3n) is 5.05. The molecule has 3 heteroatoms. The normalized spacial score (nSPS) is 23.5. The first kappa shape index (κ1) is 15.8. The monoisotopic (exact) mass is 280 g/mol. The second-order valence-corrected chi connectivity index (χ2v) is 7.40. The lowest BCUT2D eigenvalue weighted by Crippen LogP contribution is -2.39. The number of amides is 1. The molecule has 0 radical (unpaired) electrons. The molecule has 0 N–H and O–H groups in total. The maximum Gasteiger partial charge on any atom is 0.222 e. The number of carbonyl (C=O) groups excluding carboxylic acids is 1. The van der Waals surface area contributed by atoms with Gasteiger partial charge in [-0.2, -0.15) is 0 Å². The summed E-state index contributed by atoms with van der Waals surface area (Å²) < 4.78 is 0. The van der Waals surface area contributed by atoms with Crippen LogP contribution in [0.4, 0.5) is 0 Å². The molecule has 2 saturated heterocycles. The molecule has 0 saturated carbocycles. The molecule has 1 amide bonds. The molecular weight excluding hydrogens is 248 g/mol. The Labute approximate surface area is 124 Å². The van der Waals surface area contributed by atoms with Crippen LogP contribution in [0.15, 0.2) is 0 Å². The highest BCUT2D eigenvalue weighted by atomic mass is 16.2. The SMILES string of the molecule is CC(C)CC(=O)N1CCC(CC2CCN(C)CC2)CC1. The molecular formula is C17H32N2O. The van der Waals surface area contributed by atoms with Gasteiger partial charge >= 0.3 is 0 Å². The molecule has 0 spiro atoms. The molecule has 116 valence electrons. The Morgan fingerprint density at radius 2 is 1.50 bits per heavy atom. The first-order chi connectivity index (χ1) is 9.54. The maximum atomic E-state index is 12.1. The van der Waals surface area contributed by atoms with Gasteiger partial charge in [-0.05, 0) is 70.0 Å². The summed E-state index contributed by atoms with van der Waals surface area (Å²) >= 11 is 0. The molecule has 2 fully saturated rings. The fourth-order valence-corrected chi connectivity index (χ4v) is 3.67. The highest BCUT2D eigenvalue weighted by molar-refractivity contribution is 5.76. The van der Waals surface area contributed by atoms with Gasteiger partial charge in [-0.25, -0.2) is 0 Å². The Balaban J connectivity index is 1.67. The average molecular weight is 280 g/mol. The van der Waals surface area contributed by atoms with Crippen LogP contribution in [0.1, 0.15) is 52.4 Å². The van der Waals surface area contributed by atoms with Crippen molar-refractivity contribution >= 4 is 5.91 Å². The molecule has 0 aromatic heterocycles. The third-order valence-corrected chi connectivity index (χ3v) is 5.05. The Hall–Kier alpha value is -0.570. The van der Waals surface area contributed by atoms with E-state index < -0.39 is 0 Å². The third kappa shape index (κ3) is 4.76. The van der Waals surface area contributed by atoms with Crippen molar-refractivity contribution in [3.8, 4) is 0 Å². The van der Waals surface area contributed by atoms with Crippen LogP contribution in [0.2, 0.25) is 0 Å². The minimum Gasteiger partial charge on any atom is -0.343 e. The van der Waals surface area contributed by atoms with E-state index in [9.17, 15) is 4.79 Å². The van der Waals surface area contributed by atoms with Crippen LogP contribution in [0.3, 0.4) is 0 Å². The highest BCUT2D eigenvalue weighted by Gasteiger charge is 2.26. The quantitative estimate of drug-likeness (QED) is 0.790. The summed E-state index contributed by atoms with van der Waals surface area (Å²) in [5.41, 5.74) is 0. The Bertz CT molecular complexity index is 300. The van der Waals surface area contributed by atoms with Crippen molar-refractivity contribution in [2.75, 3.05) is 33.2 Å². The molecule has 2 aliphatic heterocycles. The predicted octanol–water partition coefficient (Wildman–Crippen LogP) is 3.00. The van der Waals surface area contributed by atoms with Gasteiger partial charge in [-0.15, -0.1) is 0 Å². The van der Waals surface area contributed by atoms with Crippen LogP contribution >= 0.6 is 0 Å². The van der Waals surface area contributed by atoms with E-state index in [1.165, 1.54) is 45.2 Å². The van der Waals surface area contributed by atoms with E-state index in [1.807, 2.05) is 0 Å². The second kappa shape index (κ2) is 7.44. The molecule has 0 aromatic rings. The summed E-state index contributed by atoms with van der Waals surface area (Å²) in [5.74, 6) is 2.66. The van der Waals surface area contributed by atoms with E-state index in [1.54, 1.807) is 0 Å². The molecule has 0 aromatic carbocycles. The molecule has 0 unspecified atom stereocenters. The van der Waals surface area contributed by atoms with Gasteiger partial charge in [0.1, 0.15) is 0 Å². The van der Waals surface area contributed by atoms with E-state index in [2.05, 4.69) is 30.7 Å². The second-order valence-electron chi connectivity index (χ2n) is 7.40. The fourth-order valence-electron chi connectivity index (χ4n) is 3.67. The Morgan fingerprint density at radius 1 is 1.00 bits per heavy atom. The summed E-state index contributed by atoms with van der Waals surface area (Å²) in [7, 11) is 2.23. The van der Waals surface area contributed by atoms with E-state index in [0.29, 0.717) is 11.8 Å². The molecule has 3 nitrogen and oxygen atoms in total. The zero-order chi connectivity index (χ0) is 14.5. The van der Waals surface area contributed by atoms with Crippen LogP contribution in [-0.2, 0) is 4.79 Å². The predicted molar refractivity (Wildman–Crippen MR) is 83.6 cm³/mol. The molecule has 20 heavy (non-hydrogen) atoms. The number of likely N-dealkylation sites (tertiary alicyclic amines) is 2. The molecule has 0 aliphatic carbocycles. The van der Waals surface area contributed by atoms with Gasteiger partial charge in [-0.1, -0.05) is 13.8 Å². The van der Waals surface area contributed by atoms with Crippen molar-refractivity contribution in [1.29, 1.82) is 0 Å². The summed E-state index contributed by atoms with van der Waals surface area (Å²) in [6.45, 7) is 8.81. The van der Waals surface area contributed by atoms with E-state index >= 15 is 0 Å². The molecule has 2 rings (SSSR count). The van der Waals surface area contributed by atoms with Crippen LogP contribution in [-0.4, -0.2) is 48.9 Å². The highest BCUT2D eigenvalue weighted by Crippen LogP contribution is 2.29. The van der Waals surface area contributed by atoms with Crippen molar-refractivity contribution < 1.29 is 4.79 Å². The van der Waals surface area contributed by atoms with Crippen molar-refractivity contribution in [2.24, 2.45) is 17.8 Å². The molecule has 0 atom stereocenters. The van der Waals surface area contributed by atoms with Gasteiger partial charge in [0.2, 0.25) is 5.91 Å². The van der Waals surface area contributed by atoms with Crippen molar-refractivity contribution in [2.45, 2.75) is 52.4 Å². The number of carbonyl (C=O) groups is 1. The number of nitrogens with zero attached hydrogens (tertiary/aromatic N) is 2. The van der Waals surface area contributed by atoms with Crippen LogP contribution in [0.5, 0.6) is 0 Å². The Morgan fingerprint density at radius 3 is 2.00 bits per heavy atom.